The van der Waals surface area contributed by atoms with Gasteiger partial charge in [0.25, 0.3) is 0 Å². The van der Waals surface area contributed by atoms with E-state index >= 15 is 0 Å². The van der Waals surface area contributed by atoms with Crippen LogP contribution in [0.25, 0.3) is 144 Å². The van der Waals surface area contributed by atoms with E-state index in [2.05, 4.69) is 279 Å². The molecule has 6 heteroatoms. The highest BCUT2D eigenvalue weighted by atomic mass is 15.0. The van der Waals surface area contributed by atoms with Crippen molar-refractivity contribution in [1.29, 1.82) is 0 Å². The predicted octanol–water partition coefficient (Wildman–Crippen LogP) is 17.9. The molecular formula is C70H44N6. The standard InChI is InChI=1S/C70H44N6/c1-6-22-45(23-7-1)58-44-59(72-70(71-58)46-24-8-2-9-25-46)56-42-50(76-61-36-20-17-33-52(61)53-38-40-63-65(68(53)76)55-34-18-21-37-62(55)73(63)47-26-10-3-11-27-47)43-57-66-64(75(67(56)57)49-30-14-5-15-31-49)41-39-54-51-32-16-19-35-60(51)74(69(54)66)48-28-12-4-13-29-48/h1-44H. The van der Waals surface area contributed by atoms with Gasteiger partial charge in [-0.1, -0.05) is 182 Å². The third kappa shape index (κ3) is 6.22. The molecule has 0 N–H and O–H groups in total. The van der Waals surface area contributed by atoms with Crippen molar-refractivity contribution >= 4 is 87.2 Å². The number of hydrogen-bond acceptors (Lipinski definition) is 2. The van der Waals surface area contributed by atoms with Crippen molar-refractivity contribution < 1.29 is 0 Å². The van der Waals surface area contributed by atoms with Crippen LogP contribution in [0, 0.1) is 0 Å². The molecule has 0 aliphatic rings. The van der Waals surface area contributed by atoms with E-state index in [0.717, 1.165) is 106 Å². The van der Waals surface area contributed by atoms with Crippen LogP contribution in [-0.2, 0) is 0 Å². The van der Waals surface area contributed by atoms with Crippen molar-refractivity contribution in [3.63, 3.8) is 0 Å². The van der Waals surface area contributed by atoms with Crippen molar-refractivity contribution in [2.75, 3.05) is 0 Å². The van der Waals surface area contributed by atoms with Crippen molar-refractivity contribution in [2.45, 2.75) is 0 Å². The maximum atomic E-state index is 5.65. The van der Waals surface area contributed by atoms with Crippen molar-refractivity contribution in [3.05, 3.63) is 267 Å². The minimum atomic E-state index is 0.664. The van der Waals surface area contributed by atoms with Crippen LogP contribution < -0.4 is 0 Å². The fraction of sp³-hybridized carbons (Fsp3) is 0. The van der Waals surface area contributed by atoms with Crippen LogP contribution in [0.1, 0.15) is 0 Å². The molecule has 0 atom stereocenters. The summed E-state index contributed by atoms with van der Waals surface area (Å²) in [5, 5.41) is 9.45. The van der Waals surface area contributed by atoms with E-state index in [0.29, 0.717) is 5.82 Å². The lowest BCUT2D eigenvalue weighted by atomic mass is 10.0. The van der Waals surface area contributed by atoms with Crippen molar-refractivity contribution in [2.24, 2.45) is 0 Å². The quantitative estimate of drug-likeness (QED) is 0.160. The molecule has 6 nitrogen and oxygen atoms in total. The number of fused-ring (bicyclic) bond motifs is 14. The molecule has 0 aliphatic heterocycles. The van der Waals surface area contributed by atoms with Gasteiger partial charge in [-0.2, -0.15) is 0 Å². The molecule has 0 bridgehead atoms. The normalized spacial score (nSPS) is 11.9. The molecule has 0 saturated carbocycles. The molecule has 5 heterocycles. The summed E-state index contributed by atoms with van der Waals surface area (Å²) < 4.78 is 9.90. The third-order valence-electron chi connectivity index (χ3n) is 15.5. The van der Waals surface area contributed by atoms with Crippen LogP contribution in [0.5, 0.6) is 0 Å². The highest BCUT2D eigenvalue weighted by Crippen LogP contribution is 2.48. The Morgan fingerprint density at radius 1 is 0.237 bits per heavy atom. The van der Waals surface area contributed by atoms with Crippen LogP contribution in [0.15, 0.2) is 267 Å². The Bertz CT molecular complexity index is 4890. The highest BCUT2D eigenvalue weighted by Gasteiger charge is 2.27. The maximum Gasteiger partial charge on any atom is 0.160 e. The first-order valence-corrected chi connectivity index (χ1v) is 25.9. The Morgan fingerprint density at radius 3 is 1.21 bits per heavy atom. The molecule has 5 aromatic heterocycles. The third-order valence-corrected chi connectivity index (χ3v) is 15.5. The summed E-state index contributed by atoms with van der Waals surface area (Å²) in [4.78, 5) is 11.0. The SMILES string of the molecule is c1ccc(-c2cc(-c3cc(-n4c5ccccc5c5ccc6c(c7ccccc7n6-c6ccccc6)c54)cc4c5c(ccc6c7ccccc7n(-c7ccccc7)c65)n(-c5ccccc5)c34)nc(-c3ccccc3)n2)cc1. The fourth-order valence-corrected chi connectivity index (χ4v) is 12.4. The zero-order chi connectivity index (χ0) is 49.8. The number of hydrogen-bond donors (Lipinski definition) is 0. The first-order valence-electron chi connectivity index (χ1n) is 25.9. The van der Waals surface area contributed by atoms with E-state index in [1.807, 2.05) is 6.07 Å². The van der Waals surface area contributed by atoms with Crippen LogP contribution >= 0.6 is 0 Å². The first-order chi connectivity index (χ1) is 37.7. The van der Waals surface area contributed by atoms with Gasteiger partial charge in [0, 0.05) is 82.5 Å². The average Bonchev–Trinajstić information content (AvgIpc) is 4.32. The van der Waals surface area contributed by atoms with E-state index in [-0.39, 0.29) is 0 Å². The Hall–Kier alpha value is -10.3. The van der Waals surface area contributed by atoms with Crippen LogP contribution in [0.2, 0.25) is 0 Å². The van der Waals surface area contributed by atoms with Gasteiger partial charge in [-0.3, -0.25) is 0 Å². The summed E-state index contributed by atoms with van der Waals surface area (Å²) in [5.41, 5.74) is 18.0. The van der Waals surface area contributed by atoms with Crippen molar-refractivity contribution in [1.82, 2.24) is 28.2 Å². The highest BCUT2D eigenvalue weighted by molar-refractivity contribution is 6.29. The predicted molar refractivity (Wildman–Crippen MR) is 316 cm³/mol. The van der Waals surface area contributed by atoms with E-state index in [4.69, 9.17) is 9.97 Å². The lowest BCUT2D eigenvalue weighted by Gasteiger charge is -2.16. The molecule has 0 saturated heterocycles. The number of benzene rings is 11. The van der Waals surface area contributed by atoms with E-state index in [9.17, 15) is 0 Å². The Morgan fingerprint density at radius 2 is 0.645 bits per heavy atom. The largest absolute Gasteiger partial charge is 0.309 e. The van der Waals surface area contributed by atoms with Gasteiger partial charge in [0.1, 0.15) is 0 Å². The van der Waals surface area contributed by atoms with Crippen LogP contribution in [-0.4, -0.2) is 28.2 Å². The van der Waals surface area contributed by atoms with Gasteiger partial charge in [0.15, 0.2) is 5.82 Å². The summed E-state index contributed by atoms with van der Waals surface area (Å²) in [5.74, 6) is 0.664. The second-order valence-corrected chi connectivity index (χ2v) is 19.7. The number of aromatic nitrogens is 6. The molecule has 0 unspecified atom stereocenters. The van der Waals surface area contributed by atoms with Gasteiger partial charge in [0.2, 0.25) is 0 Å². The monoisotopic (exact) mass is 968 g/mol. The second kappa shape index (κ2) is 16.6. The Labute approximate surface area is 436 Å². The summed E-state index contributed by atoms with van der Waals surface area (Å²) in [6.45, 7) is 0. The van der Waals surface area contributed by atoms with E-state index in [1.54, 1.807) is 0 Å². The van der Waals surface area contributed by atoms with Crippen LogP contribution in [0.3, 0.4) is 0 Å². The number of rotatable bonds is 7. The van der Waals surface area contributed by atoms with Gasteiger partial charge in [-0.25, -0.2) is 9.97 Å². The molecule has 16 rings (SSSR count). The van der Waals surface area contributed by atoms with Gasteiger partial charge >= 0.3 is 0 Å². The second-order valence-electron chi connectivity index (χ2n) is 19.7. The number of nitrogens with zero attached hydrogens (tertiary/aromatic N) is 6. The molecule has 0 radical (unpaired) electrons. The smallest absolute Gasteiger partial charge is 0.160 e. The molecule has 0 spiro atoms. The topological polar surface area (TPSA) is 45.5 Å². The van der Waals surface area contributed by atoms with Gasteiger partial charge < -0.3 is 18.3 Å². The number of para-hydroxylation sites is 6. The summed E-state index contributed by atoms with van der Waals surface area (Å²) in [6, 6.07) is 96.3. The van der Waals surface area contributed by atoms with E-state index in [1.165, 1.54) is 32.3 Å². The molecule has 76 heavy (non-hydrogen) atoms. The molecule has 0 aliphatic carbocycles. The average molecular weight is 969 g/mol. The molecule has 11 aromatic carbocycles. The summed E-state index contributed by atoms with van der Waals surface area (Å²) >= 11 is 0. The zero-order valence-electron chi connectivity index (χ0n) is 41.1. The lowest BCUT2D eigenvalue weighted by Crippen LogP contribution is -2.01. The lowest BCUT2D eigenvalue weighted by molar-refractivity contribution is 1.15. The van der Waals surface area contributed by atoms with Gasteiger partial charge in [0.05, 0.1) is 55.5 Å². The summed E-state index contributed by atoms with van der Waals surface area (Å²) in [6.07, 6.45) is 0. The molecule has 0 fully saturated rings. The van der Waals surface area contributed by atoms with Crippen molar-refractivity contribution in [3.8, 4) is 56.7 Å². The molecule has 354 valence electrons. The van der Waals surface area contributed by atoms with Crippen LogP contribution in [0.4, 0.5) is 0 Å². The van der Waals surface area contributed by atoms with Gasteiger partial charge in [-0.05, 0) is 84.9 Å². The zero-order valence-corrected chi connectivity index (χ0v) is 41.1. The minimum Gasteiger partial charge on any atom is -0.309 e. The summed E-state index contributed by atoms with van der Waals surface area (Å²) in [7, 11) is 0. The molecule has 0 amide bonds. The molecular weight excluding hydrogens is 925 g/mol. The van der Waals surface area contributed by atoms with E-state index < -0.39 is 0 Å². The minimum absolute atomic E-state index is 0.664. The first kappa shape index (κ1) is 42.2. The maximum absolute atomic E-state index is 5.65. The Kier molecular flexibility index (Phi) is 9.23. The van der Waals surface area contributed by atoms with Gasteiger partial charge in [-0.15, -0.1) is 0 Å². The Balaban J connectivity index is 1.14. The fourth-order valence-electron chi connectivity index (χ4n) is 12.4. The molecule has 16 aromatic rings.